The topological polar surface area (TPSA) is 80.9 Å². The molecule has 0 spiro atoms. The van der Waals surface area contributed by atoms with E-state index < -0.39 is 5.97 Å². The number of aliphatic carboxylic acids is 1. The van der Waals surface area contributed by atoms with Gasteiger partial charge in [-0.15, -0.1) is 21.5 Å². The van der Waals surface area contributed by atoms with Crippen LogP contribution in [0.5, 0.6) is 0 Å². The average Bonchev–Trinajstić information content (AvgIpc) is 3.05. The highest BCUT2D eigenvalue weighted by Crippen LogP contribution is 2.40. The number of carboxylic acids is 1. The van der Waals surface area contributed by atoms with Crippen LogP contribution in [0.1, 0.15) is 34.5 Å². The number of aromatic nitrogens is 4. The first-order valence-corrected chi connectivity index (χ1v) is 8.12. The summed E-state index contributed by atoms with van der Waals surface area (Å²) in [6.07, 6.45) is 4.15. The van der Waals surface area contributed by atoms with Crippen LogP contribution in [0, 0.1) is 6.92 Å². The Morgan fingerprint density at radius 3 is 2.95 bits per heavy atom. The van der Waals surface area contributed by atoms with Gasteiger partial charge in [0.2, 0.25) is 0 Å². The average molecular weight is 310 g/mol. The molecule has 8 heteroatoms. The first-order chi connectivity index (χ1) is 9.63. The highest BCUT2D eigenvalue weighted by molar-refractivity contribution is 7.99. The zero-order valence-corrected chi connectivity index (χ0v) is 12.6. The second-order valence-corrected chi connectivity index (χ2v) is 6.99. The Hall–Kier alpha value is -1.41. The molecule has 0 radical (unpaired) electrons. The summed E-state index contributed by atoms with van der Waals surface area (Å²) in [6, 6.07) is 0. The van der Waals surface area contributed by atoms with E-state index in [9.17, 15) is 4.79 Å². The SMILES string of the molecule is Cc1ncc(Cn2c(SCC(=O)O)nnc2C2CC2)s1. The fraction of sp³-hybridized carbons (Fsp3) is 0.500. The molecule has 1 N–H and O–H groups in total. The maximum absolute atomic E-state index is 10.7. The third-order valence-corrected chi connectivity index (χ3v) is 4.84. The van der Waals surface area contributed by atoms with Gasteiger partial charge in [0.15, 0.2) is 5.16 Å². The third-order valence-electron chi connectivity index (χ3n) is 3.00. The lowest BCUT2D eigenvalue weighted by atomic mass is 10.4. The van der Waals surface area contributed by atoms with E-state index in [1.165, 1.54) is 11.8 Å². The van der Waals surface area contributed by atoms with Crippen molar-refractivity contribution in [1.82, 2.24) is 19.7 Å². The Labute approximate surface area is 124 Å². The molecule has 0 aliphatic heterocycles. The molecule has 1 fully saturated rings. The Morgan fingerprint density at radius 2 is 2.35 bits per heavy atom. The number of aryl methyl sites for hydroxylation is 1. The molecule has 1 aliphatic carbocycles. The summed E-state index contributed by atoms with van der Waals surface area (Å²) in [4.78, 5) is 16.1. The molecule has 2 aromatic heterocycles. The fourth-order valence-electron chi connectivity index (χ4n) is 1.96. The largest absolute Gasteiger partial charge is 0.481 e. The molecule has 2 aromatic rings. The molecule has 20 heavy (non-hydrogen) atoms. The maximum Gasteiger partial charge on any atom is 0.313 e. The minimum Gasteiger partial charge on any atom is -0.481 e. The van der Waals surface area contributed by atoms with Gasteiger partial charge in [-0.05, 0) is 19.8 Å². The van der Waals surface area contributed by atoms with Gasteiger partial charge in [0.05, 0.1) is 17.3 Å². The van der Waals surface area contributed by atoms with Gasteiger partial charge in [-0.3, -0.25) is 4.79 Å². The summed E-state index contributed by atoms with van der Waals surface area (Å²) >= 11 is 2.87. The summed E-state index contributed by atoms with van der Waals surface area (Å²) < 4.78 is 2.04. The molecular formula is C12H14N4O2S2. The van der Waals surface area contributed by atoms with Crippen molar-refractivity contribution in [2.24, 2.45) is 0 Å². The van der Waals surface area contributed by atoms with E-state index in [4.69, 9.17) is 5.11 Å². The minimum absolute atomic E-state index is 0.00448. The number of carboxylic acid groups (broad SMARTS) is 1. The summed E-state index contributed by atoms with van der Waals surface area (Å²) in [5.41, 5.74) is 0. The zero-order chi connectivity index (χ0) is 14.1. The van der Waals surface area contributed by atoms with Crippen LogP contribution < -0.4 is 0 Å². The van der Waals surface area contributed by atoms with Crippen LogP contribution in [-0.2, 0) is 11.3 Å². The van der Waals surface area contributed by atoms with Crippen LogP contribution in [0.15, 0.2) is 11.4 Å². The maximum atomic E-state index is 10.7. The van der Waals surface area contributed by atoms with Crippen molar-refractivity contribution in [3.05, 3.63) is 21.9 Å². The van der Waals surface area contributed by atoms with Crippen LogP contribution in [-0.4, -0.2) is 36.6 Å². The molecule has 6 nitrogen and oxygen atoms in total. The van der Waals surface area contributed by atoms with Crippen LogP contribution >= 0.6 is 23.1 Å². The molecule has 1 aliphatic rings. The Bertz CT molecular complexity index is 633. The van der Waals surface area contributed by atoms with Gasteiger partial charge in [0.25, 0.3) is 0 Å². The van der Waals surface area contributed by atoms with Gasteiger partial charge in [0, 0.05) is 17.0 Å². The number of carbonyl (C=O) groups is 1. The quantitative estimate of drug-likeness (QED) is 0.823. The standard InChI is InChI=1S/C12H14N4O2S2/c1-7-13-4-9(20-7)5-16-11(8-2-3-8)14-15-12(16)19-6-10(17)18/h4,8H,2-3,5-6H2,1H3,(H,17,18). The third kappa shape index (κ3) is 3.01. The van der Waals surface area contributed by atoms with E-state index in [1.807, 2.05) is 17.7 Å². The van der Waals surface area contributed by atoms with E-state index in [0.29, 0.717) is 17.6 Å². The first-order valence-electron chi connectivity index (χ1n) is 6.32. The number of thiazole rings is 1. The monoisotopic (exact) mass is 310 g/mol. The number of hydrogen-bond donors (Lipinski definition) is 1. The normalized spacial score (nSPS) is 14.7. The summed E-state index contributed by atoms with van der Waals surface area (Å²) in [6.45, 7) is 2.65. The lowest BCUT2D eigenvalue weighted by molar-refractivity contribution is -0.133. The second-order valence-electron chi connectivity index (χ2n) is 4.73. The van der Waals surface area contributed by atoms with Crippen molar-refractivity contribution in [1.29, 1.82) is 0 Å². The van der Waals surface area contributed by atoms with Gasteiger partial charge in [-0.1, -0.05) is 11.8 Å². The number of hydrogen-bond acceptors (Lipinski definition) is 6. The Morgan fingerprint density at radius 1 is 1.55 bits per heavy atom. The fourth-order valence-corrected chi connectivity index (χ4v) is 3.41. The van der Waals surface area contributed by atoms with Crippen molar-refractivity contribution < 1.29 is 9.90 Å². The number of rotatable bonds is 6. The number of thioether (sulfide) groups is 1. The lowest BCUT2D eigenvalue weighted by Gasteiger charge is -2.07. The van der Waals surface area contributed by atoms with E-state index in [1.54, 1.807) is 11.3 Å². The van der Waals surface area contributed by atoms with Crippen molar-refractivity contribution in [2.75, 3.05) is 5.75 Å². The van der Waals surface area contributed by atoms with Gasteiger partial charge in [-0.2, -0.15) is 0 Å². The molecule has 0 atom stereocenters. The van der Waals surface area contributed by atoms with E-state index >= 15 is 0 Å². The summed E-state index contributed by atoms with van der Waals surface area (Å²) in [5.74, 6) is 0.621. The van der Waals surface area contributed by atoms with E-state index in [0.717, 1.165) is 28.6 Å². The summed E-state index contributed by atoms with van der Waals surface area (Å²) in [7, 11) is 0. The van der Waals surface area contributed by atoms with Crippen molar-refractivity contribution in [3.8, 4) is 0 Å². The van der Waals surface area contributed by atoms with Crippen LogP contribution in [0.25, 0.3) is 0 Å². The van der Waals surface area contributed by atoms with E-state index in [-0.39, 0.29) is 5.75 Å². The van der Waals surface area contributed by atoms with Crippen molar-refractivity contribution >= 4 is 29.1 Å². The zero-order valence-electron chi connectivity index (χ0n) is 10.9. The molecule has 0 saturated heterocycles. The van der Waals surface area contributed by atoms with Crippen molar-refractivity contribution in [3.63, 3.8) is 0 Å². The van der Waals surface area contributed by atoms with Crippen LogP contribution in [0.3, 0.4) is 0 Å². The molecule has 0 amide bonds. The van der Waals surface area contributed by atoms with Gasteiger partial charge in [-0.25, -0.2) is 4.98 Å². The molecule has 0 bridgehead atoms. The van der Waals surface area contributed by atoms with Crippen molar-refractivity contribution in [2.45, 2.75) is 37.4 Å². The van der Waals surface area contributed by atoms with Crippen LogP contribution in [0.2, 0.25) is 0 Å². The molecular weight excluding hydrogens is 296 g/mol. The predicted molar refractivity (Wildman–Crippen MR) is 76.3 cm³/mol. The molecule has 3 rings (SSSR count). The predicted octanol–water partition coefficient (Wildman–Crippen LogP) is 2.15. The van der Waals surface area contributed by atoms with Gasteiger partial charge >= 0.3 is 5.97 Å². The Kier molecular flexibility index (Phi) is 3.75. The van der Waals surface area contributed by atoms with Crippen LogP contribution in [0.4, 0.5) is 0 Å². The second kappa shape index (κ2) is 5.53. The molecule has 1 saturated carbocycles. The smallest absolute Gasteiger partial charge is 0.313 e. The Balaban J connectivity index is 1.84. The number of nitrogens with zero attached hydrogens (tertiary/aromatic N) is 4. The molecule has 0 unspecified atom stereocenters. The van der Waals surface area contributed by atoms with Gasteiger partial charge in [0.1, 0.15) is 5.82 Å². The van der Waals surface area contributed by atoms with E-state index in [2.05, 4.69) is 15.2 Å². The highest BCUT2D eigenvalue weighted by Gasteiger charge is 2.30. The lowest BCUT2D eigenvalue weighted by Crippen LogP contribution is -2.06. The highest BCUT2D eigenvalue weighted by atomic mass is 32.2. The molecule has 0 aromatic carbocycles. The first kappa shape index (κ1) is 13.6. The summed E-state index contributed by atoms with van der Waals surface area (Å²) in [5, 5.41) is 18.9. The minimum atomic E-state index is -0.842. The molecule has 2 heterocycles. The van der Waals surface area contributed by atoms with Gasteiger partial charge < -0.3 is 9.67 Å². The molecule has 106 valence electrons.